The van der Waals surface area contributed by atoms with Gasteiger partial charge in [0, 0.05) is 39.3 Å². The summed E-state index contributed by atoms with van der Waals surface area (Å²) in [4.78, 5) is 27.2. The van der Waals surface area contributed by atoms with Crippen LogP contribution < -0.4 is 5.32 Å². The van der Waals surface area contributed by atoms with Crippen molar-refractivity contribution in [3.05, 3.63) is 0 Å². The molecule has 0 aromatic carbocycles. The van der Waals surface area contributed by atoms with Gasteiger partial charge in [-0.25, -0.2) is 4.79 Å². The SMILES string of the molecule is CCOC(=O)N1CCN(CC(=O)NCC2CCCO2)CC1. The van der Waals surface area contributed by atoms with Gasteiger partial charge >= 0.3 is 6.09 Å². The van der Waals surface area contributed by atoms with Crippen molar-refractivity contribution in [3.8, 4) is 0 Å². The van der Waals surface area contributed by atoms with Gasteiger partial charge in [-0.15, -0.1) is 0 Å². The van der Waals surface area contributed by atoms with E-state index in [1.807, 2.05) is 0 Å². The van der Waals surface area contributed by atoms with E-state index in [0.29, 0.717) is 45.9 Å². The standard InChI is InChI=1S/C14H25N3O4/c1-2-20-14(19)17-7-5-16(6-8-17)11-13(18)15-10-12-4-3-9-21-12/h12H,2-11H2,1H3,(H,15,18). The van der Waals surface area contributed by atoms with Gasteiger partial charge in [0.1, 0.15) is 0 Å². The molecular formula is C14H25N3O4. The van der Waals surface area contributed by atoms with Gasteiger partial charge in [0.25, 0.3) is 0 Å². The minimum atomic E-state index is -0.264. The molecule has 7 nitrogen and oxygen atoms in total. The summed E-state index contributed by atoms with van der Waals surface area (Å²) in [5.41, 5.74) is 0. The predicted octanol–water partition coefficient (Wildman–Crippen LogP) is 0.0557. The van der Waals surface area contributed by atoms with Gasteiger partial charge in [0.2, 0.25) is 5.91 Å². The molecule has 0 spiro atoms. The molecule has 0 aromatic rings. The number of nitrogens with one attached hydrogen (secondary N) is 1. The van der Waals surface area contributed by atoms with Crippen LogP contribution in [0.2, 0.25) is 0 Å². The summed E-state index contributed by atoms with van der Waals surface area (Å²) in [5.74, 6) is 0.0232. The van der Waals surface area contributed by atoms with Crippen LogP contribution in [0.5, 0.6) is 0 Å². The van der Waals surface area contributed by atoms with E-state index in [1.54, 1.807) is 11.8 Å². The minimum absolute atomic E-state index is 0.0232. The summed E-state index contributed by atoms with van der Waals surface area (Å²) in [6.07, 6.45) is 2.02. The van der Waals surface area contributed by atoms with E-state index in [9.17, 15) is 9.59 Å². The van der Waals surface area contributed by atoms with Gasteiger partial charge in [-0.2, -0.15) is 0 Å². The molecule has 2 heterocycles. The Hall–Kier alpha value is -1.34. The van der Waals surface area contributed by atoms with Crippen molar-refractivity contribution in [2.24, 2.45) is 0 Å². The number of hydrogen-bond acceptors (Lipinski definition) is 5. The monoisotopic (exact) mass is 299 g/mol. The van der Waals surface area contributed by atoms with Gasteiger partial charge < -0.3 is 19.7 Å². The van der Waals surface area contributed by atoms with Crippen LogP contribution in [0.25, 0.3) is 0 Å². The van der Waals surface area contributed by atoms with Crippen molar-refractivity contribution < 1.29 is 19.1 Å². The van der Waals surface area contributed by atoms with E-state index >= 15 is 0 Å². The molecule has 2 fully saturated rings. The predicted molar refractivity (Wildman–Crippen MR) is 77.0 cm³/mol. The highest BCUT2D eigenvalue weighted by atomic mass is 16.6. The lowest BCUT2D eigenvalue weighted by molar-refractivity contribution is -0.123. The van der Waals surface area contributed by atoms with Crippen molar-refractivity contribution in [1.29, 1.82) is 0 Å². The number of carbonyl (C=O) groups is 2. The summed E-state index contributed by atoms with van der Waals surface area (Å²) < 4.78 is 10.4. The Bertz CT molecular complexity index is 350. The number of ether oxygens (including phenoxy) is 2. The van der Waals surface area contributed by atoms with E-state index in [0.717, 1.165) is 19.4 Å². The average Bonchev–Trinajstić information content (AvgIpc) is 2.99. The van der Waals surface area contributed by atoms with Crippen molar-refractivity contribution in [2.75, 3.05) is 52.5 Å². The van der Waals surface area contributed by atoms with E-state index in [-0.39, 0.29) is 18.1 Å². The fourth-order valence-corrected chi connectivity index (χ4v) is 2.60. The van der Waals surface area contributed by atoms with Gasteiger partial charge in [-0.3, -0.25) is 9.69 Å². The first-order valence-corrected chi connectivity index (χ1v) is 7.71. The smallest absolute Gasteiger partial charge is 0.409 e. The third-order valence-electron chi connectivity index (χ3n) is 3.82. The lowest BCUT2D eigenvalue weighted by atomic mass is 10.2. The molecule has 1 atom stereocenters. The molecule has 7 heteroatoms. The van der Waals surface area contributed by atoms with Crippen LogP contribution in [0.3, 0.4) is 0 Å². The molecule has 21 heavy (non-hydrogen) atoms. The van der Waals surface area contributed by atoms with Crippen LogP contribution in [0, 0.1) is 0 Å². The van der Waals surface area contributed by atoms with Crippen molar-refractivity contribution in [3.63, 3.8) is 0 Å². The van der Waals surface area contributed by atoms with Gasteiger partial charge in [-0.1, -0.05) is 0 Å². The van der Waals surface area contributed by atoms with Gasteiger partial charge in [0.05, 0.1) is 19.3 Å². The maximum absolute atomic E-state index is 11.9. The van der Waals surface area contributed by atoms with E-state index in [2.05, 4.69) is 10.2 Å². The molecular weight excluding hydrogens is 274 g/mol. The maximum atomic E-state index is 11.9. The summed E-state index contributed by atoms with van der Waals surface area (Å²) in [5, 5.41) is 2.92. The second kappa shape index (κ2) is 8.19. The molecule has 0 bridgehead atoms. The summed E-state index contributed by atoms with van der Waals surface area (Å²) in [6, 6.07) is 0. The first-order valence-electron chi connectivity index (χ1n) is 7.71. The molecule has 0 radical (unpaired) electrons. The first-order chi connectivity index (χ1) is 10.2. The zero-order valence-electron chi connectivity index (χ0n) is 12.7. The molecule has 1 unspecified atom stereocenters. The topological polar surface area (TPSA) is 71.1 Å². The van der Waals surface area contributed by atoms with Gasteiger partial charge in [-0.05, 0) is 19.8 Å². The van der Waals surface area contributed by atoms with Crippen LogP contribution in [0.4, 0.5) is 4.79 Å². The Morgan fingerprint density at radius 1 is 1.29 bits per heavy atom. The Morgan fingerprint density at radius 2 is 2.05 bits per heavy atom. The normalized spacial score (nSPS) is 23.1. The second-order valence-corrected chi connectivity index (χ2v) is 5.40. The fourth-order valence-electron chi connectivity index (χ4n) is 2.60. The molecule has 2 amide bonds. The summed E-state index contributed by atoms with van der Waals surface area (Å²) >= 11 is 0. The Labute approximate surface area is 125 Å². The fraction of sp³-hybridized carbons (Fsp3) is 0.857. The maximum Gasteiger partial charge on any atom is 0.409 e. The molecule has 0 saturated carbocycles. The lowest BCUT2D eigenvalue weighted by Crippen LogP contribution is -2.51. The molecule has 1 N–H and O–H groups in total. The Morgan fingerprint density at radius 3 is 2.67 bits per heavy atom. The van der Waals surface area contributed by atoms with Crippen LogP contribution >= 0.6 is 0 Å². The van der Waals surface area contributed by atoms with Crippen molar-refractivity contribution in [2.45, 2.75) is 25.9 Å². The molecule has 0 aromatic heterocycles. The highest BCUT2D eigenvalue weighted by Crippen LogP contribution is 2.10. The first kappa shape index (κ1) is 16.0. The number of amides is 2. The zero-order chi connectivity index (χ0) is 15.1. The molecule has 2 aliphatic rings. The Kier molecular flexibility index (Phi) is 6.25. The third kappa shape index (κ3) is 5.17. The lowest BCUT2D eigenvalue weighted by Gasteiger charge is -2.33. The molecule has 2 rings (SSSR count). The quantitative estimate of drug-likeness (QED) is 0.777. The minimum Gasteiger partial charge on any atom is -0.450 e. The molecule has 120 valence electrons. The zero-order valence-corrected chi connectivity index (χ0v) is 12.7. The number of nitrogens with zero attached hydrogens (tertiary/aromatic N) is 2. The second-order valence-electron chi connectivity index (χ2n) is 5.40. The molecule has 0 aliphatic carbocycles. The number of piperazine rings is 1. The van der Waals surface area contributed by atoms with Crippen molar-refractivity contribution in [1.82, 2.24) is 15.1 Å². The summed E-state index contributed by atoms with van der Waals surface area (Å²) in [6.45, 7) is 6.59. The van der Waals surface area contributed by atoms with Gasteiger partial charge in [0.15, 0.2) is 0 Å². The van der Waals surface area contributed by atoms with E-state index < -0.39 is 0 Å². The number of carbonyl (C=O) groups excluding carboxylic acids is 2. The third-order valence-corrected chi connectivity index (χ3v) is 3.82. The highest BCUT2D eigenvalue weighted by molar-refractivity contribution is 5.78. The largest absolute Gasteiger partial charge is 0.450 e. The number of rotatable bonds is 5. The Balaban J connectivity index is 1.61. The molecule has 2 aliphatic heterocycles. The van der Waals surface area contributed by atoms with E-state index in [4.69, 9.17) is 9.47 Å². The van der Waals surface area contributed by atoms with E-state index in [1.165, 1.54) is 0 Å². The average molecular weight is 299 g/mol. The van der Waals surface area contributed by atoms with Crippen LogP contribution in [0.1, 0.15) is 19.8 Å². The molecule has 2 saturated heterocycles. The van der Waals surface area contributed by atoms with Crippen LogP contribution in [-0.4, -0.2) is 80.4 Å². The number of hydrogen-bond donors (Lipinski definition) is 1. The summed E-state index contributed by atoms with van der Waals surface area (Å²) in [7, 11) is 0. The van der Waals surface area contributed by atoms with Crippen LogP contribution in [-0.2, 0) is 14.3 Å². The van der Waals surface area contributed by atoms with Crippen LogP contribution in [0.15, 0.2) is 0 Å². The van der Waals surface area contributed by atoms with Crippen molar-refractivity contribution >= 4 is 12.0 Å². The highest BCUT2D eigenvalue weighted by Gasteiger charge is 2.23.